The van der Waals surface area contributed by atoms with Crippen molar-refractivity contribution in [2.45, 2.75) is 42.1 Å². The summed E-state index contributed by atoms with van der Waals surface area (Å²) in [4.78, 5) is 6.48. The maximum Gasteiger partial charge on any atom is 0.294 e. The standard InChI is InChI=1S/C10H13N3.2C7H8O3S/c1-2-8(6-11-4-1)13-5-3-9-10(13)7-12-9;2*1-6-2-4-7(5-3-6)11(8,9)10/h1-2,4,6,9-10,12H,3,5,7H2;2*2-5H,1H3,(H,8,9,10)/t9-,10-;;/m1../s1. The molecule has 2 saturated heterocycles. The van der Waals surface area contributed by atoms with Gasteiger partial charge in [0.1, 0.15) is 0 Å². The fraction of sp³-hybridized carbons (Fsp3) is 0.292. The Kier molecular flexibility index (Phi) is 8.62. The van der Waals surface area contributed by atoms with Crippen molar-refractivity contribution in [1.82, 2.24) is 10.3 Å². The van der Waals surface area contributed by atoms with Crippen molar-refractivity contribution in [1.29, 1.82) is 0 Å². The van der Waals surface area contributed by atoms with Gasteiger partial charge in [0.25, 0.3) is 20.2 Å². The quantitative estimate of drug-likeness (QED) is 0.446. The molecule has 11 heteroatoms. The van der Waals surface area contributed by atoms with Crippen LogP contribution in [0.15, 0.2) is 82.8 Å². The van der Waals surface area contributed by atoms with Crippen LogP contribution >= 0.6 is 0 Å². The van der Waals surface area contributed by atoms with Crippen molar-refractivity contribution in [2.75, 3.05) is 18.0 Å². The average Bonchev–Trinajstić information content (AvgIpc) is 3.08. The maximum atomic E-state index is 10.5. The largest absolute Gasteiger partial charge is 0.364 e. The molecule has 2 fully saturated rings. The maximum absolute atomic E-state index is 10.5. The molecular formula is C24H29N3O6S2. The molecule has 35 heavy (non-hydrogen) atoms. The number of benzene rings is 2. The Morgan fingerprint density at radius 2 is 1.37 bits per heavy atom. The molecule has 3 heterocycles. The summed E-state index contributed by atoms with van der Waals surface area (Å²) in [7, 11) is -8.04. The highest BCUT2D eigenvalue weighted by molar-refractivity contribution is 7.86. The van der Waals surface area contributed by atoms with Crippen LogP contribution in [0.1, 0.15) is 17.5 Å². The van der Waals surface area contributed by atoms with Crippen LogP contribution in [0, 0.1) is 13.8 Å². The van der Waals surface area contributed by atoms with Gasteiger partial charge in [-0.1, -0.05) is 35.4 Å². The van der Waals surface area contributed by atoms with Gasteiger partial charge < -0.3 is 10.2 Å². The molecule has 2 aromatic carbocycles. The van der Waals surface area contributed by atoms with Gasteiger partial charge in [-0.25, -0.2) is 0 Å². The van der Waals surface area contributed by atoms with Gasteiger partial charge in [-0.15, -0.1) is 0 Å². The van der Waals surface area contributed by atoms with Gasteiger partial charge in [0.05, 0.1) is 27.7 Å². The molecule has 2 aliphatic heterocycles. The number of fused-ring (bicyclic) bond motifs is 1. The van der Waals surface area contributed by atoms with Gasteiger partial charge in [0.2, 0.25) is 0 Å². The van der Waals surface area contributed by atoms with Gasteiger partial charge in [-0.3, -0.25) is 14.1 Å². The predicted octanol–water partition coefficient (Wildman–Crippen LogP) is 3.12. The smallest absolute Gasteiger partial charge is 0.294 e. The zero-order valence-electron chi connectivity index (χ0n) is 19.4. The van der Waals surface area contributed by atoms with Crippen LogP contribution in [0.5, 0.6) is 0 Å². The Morgan fingerprint density at radius 3 is 1.71 bits per heavy atom. The molecule has 0 radical (unpaired) electrons. The summed E-state index contributed by atoms with van der Waals surface area (Å²) in [5, 5.41) is 3.45. The van der Waals surface area contributed by atoms with Crippen molar-refractivity contribution in [3.8, 4) is 0 Å². The van der Waals surface area contributed by atoms with Gasteiger partial charge in [-0.05, 0) is 56.7 Å². The average molecular weight is 520 g/mol. The summed E-state index contributed by atoms with van der Waals surface area (Å²) < 4.78 is 59.1. The van der Waals surface area contributed by atoms with E-state index in [-0.39, 0.29) is 9.79 Å². The van der Waals surface area contributed by atoms with Crippen LogP contribution in [0.2, 0.25) is 0 Å². The third-order valence-electron chi connectivity index (χ3n) is 5.75. The Morgan fingerprint density at radius 1 is 0.857 bits per heavy atom. The molecule has 0 unspecified atom stereocenters. The fourth-order valence-corrected chi connectivity index (χ4v) is 4.68. The van der Waals surface area contributed by atoms with E-state index in [4.69, 9.17) is 9.11 Å². The van der Waals surface area contributed by atoms with E-state index in [2.05, 4.69) is 21.3 Å². The Labute approximate surface area is 206 Å². The fourth-order valence-electron chi connectivity index (χ4n) is 3.72. The molecule has 1 aromatic heterocycles. The highest BCUT2D eigenvalue weighted by atomic mass is 32.2. The molecule has 0 aliphatic carbocycles. The van der Waals surface area contributed by atoms with Crippen molar-refractivity contribution in [3.05, 3.63) is 84.2 Å². The lowest BCUT2D eigenvalue weighted by atomic mass is 10.0. The van der Waals surface area contributed by atoms with Crippen molar-refractivity contribution < 1.29 is 25.9 Å². The monoisotopic (exact) mass is 519 g/mol. The Bertz CT molecular complexity index is 1240. The minimum absolute atomic E-state index is 0.0666. The molecule has 0 amide bonds. The Balaban J connectivity index is 0.000000148. The van der Waals surface area contributed by atoms with E-state index < -0.39 is 20.2 Å². The highest BCUT2D eigenvalue weighted by Gasteiger charge is 2.40. The molecule has 2 aliphatic rings. The molecular weight excluding hydrogens is 490 g/mol. The summed E-state index contributed by atoms with van der Waals surface area (Å²) >= 11 is 0. The number of aryl methyl sites for hydroxylation is 2. The first-order valence-corrected chi connectivity index (χ1v) is 13.8. The van der Waals surface area contributed by atoms with E-state index in [1.54, 1.807) is 24.3 Å². The van der Waals surface area contributed by atoms with E-state index in [0.29, 0.717) is 0 Å². The number of hydrogen-bond acceptors (Lipinski definition) is 7. The minimum atomic E-state index is -4.02. The summed E-state index contributed by atoms with van der Waals surface area (Å²) in [6, 6.07) is 17.6. The van der Waals surface area contributed by atoms with Gasteiger partial charge >= 0.3 is 0 Å². The van der Waals surface area contributed by atoms with Gasteiger partial charge in [0.15, 0.2) is 0 Å². The number of nitrogens with one attached hydrogen (secondary N) is 1. The molecule has 0 bridgehead atoms. The molecule has 188 valence electrons. The van der Waals surface area contributed by atoms with Crippen LogP contribution in [-0.2, 0) is 20.2 Å². The lowest BCUT2D eigenvalue weighted by Crippen LogP contribution is -2.59. The van der Waals surface area contributed by atoms with Crippen molar-refractivity contribution >= 4 is 25.9 Å². The van der Waals surface area contributed by atoms with E-state index >= 15 is 0 Å². The molecule has 2 atom stereocenters. The van der Waals surface area contributed by atoms with Crippen molar-refractivity contribution in [2.24, 2.45) is 0 Å². The summed E-state index contributed by atoms with van der Waals surface area (Å²) in [6.45, 7) is 6.00. The summed E-state index contributed by atoms with van der Waals surface area (Å²) in [6.07, 6.45) is 5.07. The normalized spacial score (nSPS) is 18.8. The zero-order valence-corrected chi connectivity index (χ0v) is 21.1. The first-order valence-electron chi connectivity index (χ1n) is 10.9. The van der Waals surface area contributed by atoms with Crippen LogP contribution in [0.4, 0.5) is 5.69 Å². The van der Waals surface area contributed by atoms with Crippen LogP contribution in [-0.4, -0.2) is 56.1 Å². The second kappa shape index (κ2) is 11.3. The predicted molar refractivity (Wildman–Crippen MR) is 134 cm³/mol. The highest BCUT2D eigenvalue weighted by Crippen LogP contribution is 2.28. The SMILES string of the molecule is Cc1ccc(S(=O)(=O)O)cc1.Cc1ccc(S(=O)(=O)O)cc1.c1cncc(N2CC[C@H]3NC[C@H]32)c1. The third kappa shape index (κ3) is 7.58. The molecule has 3 aromatic rings. The lowest BCUT2D eigenvalue weighted by Gasteiger charge is -2.38. The van der Waals surface area contributed by atoms with Crippen LogP contribution in [0.3, 0.4) is 0 Å². The number of anilines is 1. The lowest BCUT2D eigenvalue weighted by molar-refractivity contribution is 0.348. The van der Waals surface area contributed by atoms with E-state index in [0.717, 1.165) is 29.8 Å². The van der Waals surface area contributed by atoms with Crippen LogP contribution in [0.25, 0.3) is 0 Å². The van der Waals surface area contributed by atoms with Gasteiger partial charge in [0, 0.05) is 25.3 Å². The molecule has 3 N–H and O–H groups in total. The van der Waals surface area contributed by atoms with E-state index in [9.17, 15) is 16.8 Å². The van der Waals surface area contributed by atoms with E-state index in [1.807, 2.05) is 32.3 Å². The molecule has 0 saturated carbocycles. The van der Waals surface area contributed by atoms with Crippen molar-refractivity contribution in [3.63, 3.8) is 0 Å². The first kappa shape index (κ1) is 26.8. The molecule has 5 rings (SSSR count). The van der Waals surface area contributed by atoms with Crippen LogP contribution < -0.4 is 10.2 Å². The molecule has 9 nitrogen and oxygen atoms in total. The summed E-state index contributed by atoms with van der Waals surface area (Å²) in [5.74, 6) is 0. The first-order chi connectivity index (χ1) is 16.4. The number of hydrogen-bond donors (Lipinski definition) is 3. The topological polar surface area (TPSA) is 137 Å². The molecule has 0 spiro atoms. The number of nitrogens with zero attached hydrogens (tertiary/aromatic N) is 2. The second-order valence-electron chi connectivity index (χ2n) is 8.35. The summed E-state index contributed by atoms with van der Waals surface area (Å²) in [5.41, 5.74) is 3.19. The van der Waals surface area contributed by atoms with E-state index in [1.165, 1.54) is 42.9 Å². The zero-order chi connectivity index (χ0) is 25.6. The number of pyridine rings is 1. The van der Waals surface area contributed by atoms with Gasteiger partial charge in [-0.2, -0.15) is 16.8 Å². The minimum Gasteiger partial charge on any atom is -0.364 e. The number of rotatable bonds is 3. The number of aromatic nitrogens is 1. The third-order valence-corrected chi connectivity index (χ3v) is 7.49. The Hall–Kier alpha value is -2.83. The second-order valence-corrected chi connectivity index (χ2v) is 11.2.